The molecule has 0 unspecified atom stereocenters. The van der Waals surface area contributed by atoms with Gasteiger partial charge in [-0.15, -0.1) is 0 Å². The molecule has 0 saturated carbocycles. The number of rotatable bonds is 6. The molecule has 0 saturated heterocycles. The Hall–Kier alpha value is -1.67. The van der Waals surface area contributed by atoms with E-state index in [9.17, 15) is 17.6 Å². The first-order chi connectivity index (χ1) is 9.27. The molecular weight excluding hydrogens is 285 g/mol. The van der Waals surface area contributed by atoms with E-state index in [2.05, 4.69) is 10.0 Å². The fourth-order valence-corrected chi connectivity index (χ4v) is 2.58. The molecule has 0 atom stereocenters. The van der Waals surface area contributed by atoms with Gasteiger partial charge in [0.1, 0.15) is 5.82 Å². The van der Waals surface area contributed by atoms with Gasteiger partial charge in [0.15, 0.2) is 0 Å². The van der Waals surface area contributed by atoms with Crippen LogP contribution in [0.15, 0.2) is 17.0 Å². The smallest absolute Gasteiger partial charge is 0.240 e. The molecule has 1 aromatic rings. The number of anilines is 1. The number of sulfonamides is 1. The van der Waals surface area contributed by atoms with E-state index < -0.39 is 15.8 Å². The lowest BCUT2D eigenvalue weighted by Crippen LogP contribution is -2.30. The molecule has 1 rings (SSSR count). The highest BCUT2D eigenvalue weighted by Crippen LogP contribution is 2.20. The van der Waals surface area contributed by atoms with Gasteiger partial charge in [0.2, 0.25) is 15.9 Å². The summed E-state index contributed by atoms with van der Waals surface area (Å²) in [5.74, 6) is -0.945. The van der Waals surface area contributed by atoms with Crippen molar-refractivity contribution in [1.29, 1.82) is 0 Å². The van der Waals surface area contributed by atoms with E-state index in [-0.39, 0.29) is 35.0 Å². The van der Waals surface area contributed by atoms with Crippen molar-refractivity contribution in [3.05, 3.63) is 23.5 Å². The van der Waals surface area contributed by atoms with Gasteiger partial charge >= 0.3 is 0 Å². The number of benzene rings is 1. The fourth-order valence-electron chi connectivity index (χ4n) is 1.50. The molecule has 20 heavy (non-hydrogen) atoms. The lowest BCUT2D eigenvalue weighted by Gasteiger charge is -2.09. The van der Waals surface area contributed by atoms with E-state index >= 15 is 0 Å². The Labute approximate surface area is 117 Å². The minimum Gasteiger partial charge on any atom is -0.398 e. The zero-order chi connectivity index (χ0) is 15.3. The Bertz CT molecular complexity index is 579. The maximum atomic E-state index is 13.5. The second-order valence-corrected chi connectivity index (χ2v) is 5.99. The van der Waals surface area contributed by atoms with Crippen molar-refractivity contribution >= 4 is 21.6 Å². The Morgan fingerprint density at radius 3 is 2.60 bits per heavy atom. The summed E-state index contributed by atoms with van der Waals surface area (Å²) in [6.45, 7) is 3.64. The molecule has 112 valence electrons. The first-order valence-corrected chi connectivity index (χ1v) is 7.58. The van der Waals surface area contributed by atoms with Crippen molar-refractivity contribution in [2.45, 2.75) is 25.2 Å². The predicted octanol–water partition coefficient (Wildman–Crippen LogP) is 0.521. The van der Waals surface area contributed by atoms with Crippen molar-refractivity contribution in [3.63, 3.8) is 0 Å². The van der Waals surface area contributed by atoms with Gasteiger partial charge in [-0.2, -0.15) is 0 Å². The zero-order valence-corrected chi connectivity index (χ0v) is 12.2. The third kappa shape index (κ3) is 4.17. The number of hydrogen-bond acceptors (Lipinski definition) is 4. The second-order valence-electron chi connectivity index (χ2n) is 4.22. The number of nitrogen functional groups attached to an aromatic ring is 1. The highest BCUT2D eigenvalue weighted by molar-refractivity contribution is 7.89. The molecule has 1 amide bonds. The highest BCUT2D eigenvalue weighted by atomic mass is 32.2. The van der Waals surface area contributed by atoms with Crippen LogP contribution in [0.1, 0.15) is 18.9 Å². The minimum atomic E-state index is -3.88. The summed E-state index contributed by atoms with van der Waals surface area (Å²) < 4.78 is 39.6. The monoisotopic (exact) mass is 303 g/mol. The summed E-state index contributed by atoms with van der Waals surface area (Å²) in [7, 11) is -3.88. The molecule has 0 aliphatic carbocycles. The van der Waals surface area contributed by atoms with E-state index in [1.165, 1.54) is 13.0 Å². The summed E-state index contributed by atoms with van der Waals surface area (Å²) in [6.07, 6.45) is 0.0108. The van der Waals surface area contributed by atoms with Crippen molar-refractivity contribution in [2.75, 3.05) is 18.8 Å². The lowest BCUT2D eigenvalue weighted by molar-refractivity contribution is -0.120. The Balaban J connectivity index is 2.77. The molecular formula is C12H18FN3O3S. The van der Waals surface area contributed by atoms with Crippen LogP contribution in [-0.4, -0.2) is 27.4 Å². The normalized spacial score (nSPS) is 11.3. The van der Waals surface area contributed by atoms with Gasteiger partial charge < -0.3 is 11.1 Å². The first kappa shape index (κ1) is 16.4. The summed E-state index contributed by atoms with van der Waals surface area (Å²) >= 11 is 0. The Kier molecular flexibility index (Phi) is 5.46. The number of nitrogens with one attached hydrogen (secondary N) is 2. The summed E-state index contributed by atoms with van der Waals surface area (Å²) in [5.41, 5.74) is 5.80. The van der Waals surface area contributed by atoms with E-state index in [0.29, 0.717) is 6.54 Å². The number of amides is 1. The number of hydrogen-bond donors (Lipinski definition) is 3. The van der Waals surface area contributed by atoms with Crippen LogP contribution in [0, 0.1) is 12.7 Å². The van der Waals surface area contributed by atoms with E-state index in [1.807, 2.05) is 0 Å². The minimum absolute atomic E-state index is 0.0108. The molecule has 0 aromatic heterocycles. The molecule has 4 N–H and O–H groups in total. The van der Waals surface area contributed by atoms with Crippen molar-refractivity contribution < 1.29 is 17.6 Å². The highest BCUT2D eigenvalue weighted by Gasteiger charge is 2.17. The average molecular weight is 303 g/mol. The molecule has 0 aliphatic rings. The molecule has 0 fully saturated rings. The molecule has 1 aromatic carbocycles. The zero-order valence-electron chi connectivity index (χ0n) is 11.4. The van der Waals surface area contributed by atoms with Crippen molar-refractivity contribution in [1.82, 2.24) is 10.0 Å². The average Bonchev–Trinajstić information content (AvgIpc) is 2.35. The van der Waals surface area contributed by atoms with Crippen molar-refractivity contribution in [3.8, 4) is 0 Å². The molecule has 0 radical (unpaired) electrons. The van der Waals surface area contributed by atoms with Crippen LogP contribution in [0.5, 0.6) is 0 Å². The molecule has 6 nitrogen and oxygen atoms in total. The van der Waals surface area contributed by atoms with Crippen LogP contribution in [0.2, 0.25) is 0 Å². The molecule has 8 heteroatoms. The maximum absolute atomic E-state index is 13.5. The predicted molar refractivity (Wildman–Crippen MR) is 74.0 cm³/mol. The topological polar surface area (TPSA) is 101 Å². The SMILES string of the molecule is CCNC(=O)CCNS(=O)(=O)c1cc(N)c(C)c(F)c1. The van der Waals surface area contributed by atoms with Gasteiger partial charge in [-0.3, -0.25) is 4.79 Å². The van der Waals surface area contributed by atoms with Crippen LogP contribution in [-0.2, 0) is 14.8 Å². The third-order valence-electron chi connectivity index (χ3n) is 2.69. The summed E-state index contributed by atoms with van der Waals surface area (Å²) in [4.78, 5) is 10.9. The van der Waals surface area contributed by atoms with Gasteiger partial charge in [-0.25, -0.2) is 17.5 Å². The largest absolute Gasteiger partial charge is 0.398 e. The Morgan fingerprint density at radius 2 is 2.05 bits per heavy atom. The van der Waals surface area contributed by atoms with Crippen LogP contribution in [0.4, 0.5) is 10.1 Å². The number of carbonyl (C=O) groups excluding carboxylic acids is 1. The second kappa shape index (κ2) is 6.67. The van der Waals surface area contributed by atoms with Gasteiger partial charge in [-0.1, -0.05) is 0 Å². The summed E-state index contributed by atoms with van der Waals surface area (Å²) in [5, 5.41) is 2.54. The van der Waals surface area contributed by atoms with Gasteiger partial charge in [-0.05, 0) is 26.0 Å². The summed E-state index contributed by atoms with van der Waals surface area (Å²) in [6, 6.07) is 2.09. The van der Waals surface area contributed by atoms with Crippen molar-refractivity contribution in [2.24, 2.45) is 0 Å². The van der Waals surface area contributed by atoms with Crippen LogP contribution in [0.25, 0.3) is 0 Å². The third-order valence-corrected chi connectivity index (χ3v) is 4.13. The first-order valence-electron chi connectivity index (χ1n) is 6.10. The van der Waals surface area contributed by atoms with Crippen LogP contribution in [0.3, 0.4) is 0 Å². The number of halogens is 1. The molecule has 0 aliphatic heterocycles. The number of carbonyl (C=O) groups is 1. The quantitative estimate of drug-likeness (QED) is 0.667. The van der Waals surface area contributed by atoms with Gasteiger partial charge in [0, 0.05) is 30.8 Å². The van der Waals surface area contributed by atoms with E-state index in [4.69, 9.17) is 5.73 Å². The molecule has 0 bridgehead atoms. The van der Waals surface area contributed by atoms with Gasteiger partial charge in [0.05, 0.1) is 4.90 Å². The van der Waals surface area contributed by atoms with Crippen LogP contribution >= 0.6 is 0 Å². The standard InChI is InChI=1S/C12H18FN3O3S/c1-3-15-12(17)4-5-16-20(18,19)9-6-10(13)8(2)11(14)7-9/h6-7,16H,3-5,14H2,1-2H3,(H,15,17). The molecule has 0 heterocycles. The van der Waals surface area contributed by atoms with E-state index in [1.54, 1.807) is 6.92 Å². The van der Waals surface area contributed by atoms with E-state index in [0.717, 1.165) is 6.07 Å². The van der Waals surface area contributed by atoms with Gasteiger partial charge in [0.25, 0.3) is 0 Å². The fraction of sp³-hybridized carbons (Fsp3) is 0.417. The lowest BCUT2D eigenvalue weighted by atomic mass is 10.2. The maximum Gasteiger partial charge on any atom is 0.240 e. The number of nitrogens with two attached hydrogens (primary N) is 1. The molecule has 0 spiro atoms. The van der Waals surface area contributed by atoms with Crippen LogP contribution < -0.4 is 15.8 Å². The Morgan fingerprint density at radius 1 is 1.40 bits per heavy atom.